The van der Waals surface area contributed by atoms with E-state index in [1.165, 1.54) is 37.4 Å². The molecule has 0 aliphatic carbocycles. The van der Waals surface area contributed by atoms with Crippen LogP contribution in [0.3, 0.4) is 0 Å². The van der Waals surface area contributed by atoms with Crippen LogP contribution in [0.25, 0.3) is 6.08 Å². The van der Waals surface area contributed by atoms with Crippen LogP contribution in [0.5, 0.6) is 5.75 Å². The third-order valence-electron chi connectivity index (χ3n) is 4.64. The first kappa shape index (κ1) is 23.8. The summed E-state index contributed by atoms with van der Waals surface area (Å²) in [5.41, 5.74) is 1.77. The molecular formula is C24H22N2O6S. The molecule has 2 aromatic carbocycles. The van der Waals surface area contributed by atoms with Crippen LogP contribution in [-0.2, 0) is 21.4 Å². The Labute approximate surface area is 191 Å². The summed E-state index contributed by atoms with van der Waals surface area (Å²) in [6.45, 7) is -0.376. The number of rotatable bonds is 10. The Morgan fingerprint density at radius 2 is 1.73 bits per heavy atom. The Hall–Kier alpha value is -3.82. The highest BCUT2D eigenvalue weighted by molar-refractivity contribution is 7.89. The maximum atomic E-state index is 12.6. The quantitative estimate of drug-likeness (QED) is 0.360. The fourth-order valence-corrected chi connectivity index (χ4v) is 4.01. The first-order valence-corrected chi connectivity index (χ1v) is 11.3. The van der Waals surface area contributed by atoms with Gasteiger partial charge in [-0.25, -0.2) is 8.42 Å². The molecule has 1 N–H and O–H groups in total. The van der Waals surface area contributed by atoms with Crippen LogP contribution in [0.4, 0.5) is 0 Å². The second-order valence-corrected chi connectivity index (χ2v) is 9.07. The molecule has 3 aromatic rings. The van der Waals surface area contributed by atoms with Gasteiger partial charge >= 0.3 is 5.97 Å². The van der Waals surface area contributed by atoms with Crippen LogP contribution in [0.15, 0.2) is 83.9 Å². The zero-order chi connectivity index (χ0) is 23.8. The summed E-state index contributed by atoms with van der Waals surface area (Å²) >= 11 is 0. The van der Waals surface area contributed by atoms with Gasteiger partial charge in [0, 0.05) is 24.4 Å². The summed E-state index contributed by atoms with van der Waals surface area (Å²) < 4.78 is 31.4. The monoisotopic (exact) mass is 466 g/mol. The van der Waals surface area contributed by atoms with Gasteiger partial charge in [0.2, 0.25) is 10.0 Å². The number of ketones is 1. The topological polar surface area (TPSA) is 114 Å². The lowest BCUT2D eigenvalue weighted by Gasteiger charge is -2.14. The Balaban J connectivity index is 1.70. The van der Waals surface area contributed by atoms with Crippen LogP contribution in [0.2, 0.25) is 0 Å². The van der Waals surface area contributed by atoms with Crippen LogP contribution >= 0.6 is 0 Å². The largest absolute Gasteiger partial charge is 0.487 e. The molecule has 8 nitrogen and oxygen atoms in total. The number of benzene rings is 2. The number of sulfonamides is 1. The van der Waals surface area contributed by atoms with Gasteiger partial charge < -0.3 is 9.84 Å². The van der Waals surface area contributed by atoms with E-state index in [1.54, 1.807) is 18.3 Å². The van der Waals surface area contributed by atoms with E-state index in [0.29, 0.717) is 11.3 Å². The van der Waals surface area contributed by atoms with E-state index in [0.717, 1.165) is 10.00 Å². The predicted octanol–water partition coefficient (Wildman–Crippen LogP) is 3.26. The fourth-order valence-electron chi connectivity index (χ4n) is 2.89. The second-order valence-electron chi connectivity index (χ2n) is 7.02. The molecule has 33 heavy (non-hydrogen) atoms. The Morgan fingerprint density at radius 1 is 1.03 bits per heavy atom. The lowest BCUT2D eigenvalue weighted by Crippen LogP contribution is -2.32. The van der Waals surface area contributed by atoms with E-state index >= 15 is 0 Å². The highest BCUT2D eigenvalue weighted by Gasteiger charge is 2.22. The molecule has 0 radical (unpaired) electrons. The van der Waals surface area contributed by atoms with Crippen molar-refractivity contribution in [3.63, 3.8) is 0 Å². The van der Waals surface area contributed by atoms with E-state index < -0.39 is 22.5 Å². The molecule has 0 saturated heterocycles. The number of hydrogen-bond donors (Lipinski definition) is 1. The van der Waals surface area contributed by atoms with E-state index in [1.807, 2.05) is 36.4 Å². The molecular weight excluding hydrogens is 444 g/mol. The van der Waals surface area contributed by atoms with E-state index in [2.05, 4.69) is 4.98 Å². The normalized spacial score (nSPS) is 11.6. The summed E-state index contributed by atoms with van der Waals surface area (Å²) in [6.07, 6.45) is 4.69. The summed E-state index contributed by atoms with van der Waals surface area (Å²) in [4.78, 5) is 27.5. The minimum absolute atomic E-state index is 0.0972. The van der Waals surface area contributed by atoms with Gasteiger partial charge in [0.05, 0.1) is 10.6 Å². The molecule has 170 valence electrons. The number of nitrogens with zero attached hydrogens (tertiary/aromatic N) is 2. The highest BCUT2D eigenvalue weighted by Crippen LogP contribution is 2.21. The number of hydrogen-bond acceptors (Lipinski definition) is 6. The molecule has 1 heterocycles. The first-order valence-electron chi connectivity index (χ1n) is 9.90. The number of allylic oxidation sites excluding steroid dienone is 1. The van der Waals surface area contributed by atoms with Crippen molar-refractivity contribution in [2.45, 2.75) is 11.5 Å². The number of likely N-dealkylation sites (N-methyl/N-ethyl adjacent to an activating group) is 1. The maximum absolute atomic E-state index is 12.6. The lowest BCUT2D eigenvalue weighted by atomic mass is 10.1. The van der Waals surface area contributed by atoms with Gasteiger partial charge in [0.25, 0.3) is 0 Å². The zero-order valence-corrected chi connectivity index (χ0v) is 18.6. The smallest absolute Gasteiger partial charge is 0.318 e. The van der Waals surface area contributed by atoms with Gasteiger partial charge in [-0.1, -0.05) is 24.3 Å². The van der Waals surface area contributed by atoms with Gasteiger partial charge in [-0.2, -0.15) is 4.31 Å². The van der Waals surface area contributed by atoms with Gasteiger partial charge in [-0.15, -0.1) is 0 Å². The molecule has 0 amide bonds. The van der Waals surface area contributed by atoms with E-state index in [9.17, 15) is 18.0 Å². The molecule has 0 fully saturated rings. The van der Waals surface area contributed by atoms with Gasteiger partial charge in [-0.05, 0) is 54.6 Å². The zero-order valence-electron chi connectivity index (χ0n) is 17.8. The third-order valence-corrected chi connectivity index (χ3v) is 6.46. The van der Waals surface area contributed by atoms with Gasteiger partial charge in [0.15, 0.2) is 5.78 Å². The van der Waals surface area contributed by atoms with Crippen LogP contribution in [-0.4, -0.2) is 48.2 Å². The number of carbonyl (C=O) groups excluding carboxylic acids is 1. The molecule has 0 bridgehead atoms. The van der Waals surface area contributed by atoms with Crippen LogP contribution < -0.4 is 4.74 Å². The van der Waals surface area contributed by atoms with Crippen LogP contribution in [0.1, 0.15) is 21.6 Å². The number of carbonyl (C=O) groups is 2. The first-order chi connectivity index (χ1) is 15.8. The highest BCUT2D eigenvalue weighted by atomic mass is 32.2. The SMILES string of the molecule is CN(CC(=O)O)S(=O)(=O)c1ccc(C(=O)/C=C/c2ccccc2OCc2ccccn2)cc1. The van der Waals surface area contributed by atoms with E-state index in [4.69, 9.17) is 9.84 Å². The number of carboxylic acids is 1. The number of carboxylic acid groups (broad SMARTS) is 1. The molecule has 9 heteroatoms. The molecule has 0 unspecified atom stereocenters. The Morgan fingerprint density at radius 3 is 2.39 bits per heavy atom. The van der Waals surface area contributed by atoms with Gasteiger partial charge in [0.1, 0.15) is 18.9 Å². The summed E-state index contributed by atoms with van der Waals surface area (Å²) in [5, 5.41) is 8.80. The average Bonchev–Trinajstić information content (AvgIpc) is 2.82. The van der Waals surface area contributed by atoms with Crippen molar-refractivity contribution < 1.29 is 27.9 Å². The van der Waals surface area contributed by atoms with Crippen molar-refractivity contribution in [2.75, 3.05) is 13.6 Å². The van der Waals surface area contributed by atoms with Crippen molar-refractivity contribution >= 4 is 27.9 Å². The summed E-state index contributed by atoms with van der Waals surface area (Å²) in [6, 6.07) is 18.1. The maximum Gasteiger partial charge on any atom is 0.318 e. The number of pyridine rings is 1. The Kier molecular flexibility index (Phi) is 7.70. The summed E-state index contributed by atoms with van der Waals surface area (Å²) in [5.74, 6) is -0.991. The van der Waals surface area contributed by atoms with Crippen molar-refractivity contribution in [3.8, 4) is 5.75 Å². The van der Waals surface area contributed by atoms with E-state index in [-0.39, 0.29) is 22.8 Å². The fraction of sp³-hybridized carbons (Fsp3) is 0.125. The molecule has 0 spiro atoms. The molecule has 0 atom stereocenters. The van der Waals surface area contributed by atoms with Crippen LogP contribution in [0, 0.1) is 0 Å². The van der Waals surface area contributed by atoms with Crippen molar-refractivity contribution in [3.05, 3.63) is 95.8 Å². The lowest BCUT2D eigenvalue weighted by molar-refractivity contribution is -0.137. The van der Waals surface area contributed by atoms with Crippen molar-refractivity contribution in [2.24, 2.45) is 0 Å². The van der Waals surface area contributed by atoms with Crippen molar-refractivity contribution in [1.82, 2.24) is 9.29 Å². The number of aliphatic carboxylic acids is 1. The molecule has 0 aliphatic heterocycles. The average molecular weight is 467 g/mol. The molecule has 3 rings (SSSR count). The molecule has 0 saturated carbocycles. The third kappa shape index (κ3) is 6.34. The summed E-state index contributed by atoms with van der Waals surface area (Å²) in [7, 11) is -2.79. The number of para-hydroxylation sites is 1. The Bertz CT molecular complexity index is 1260. The number of aromatic nitrogens is 1. The minimum Gasteiger partial charge on any atom is -0.487 e. The number of ether oxygens (including phenoxy) is 1. The molecule has 0 aliphatic rings. The predicted molar refractivity (Wildman–Crippen MR) is 122 cm³/mol. The van der Waals surface area contributed by atoms with Gasteiger partial charge in [-0.3, -0.25) is 14.6 Å². The molecule has 1 aromatic heterocycles. The second kappa shape index (κ2) is 10.7. The minimum atomic E-state index is -3.97. The standard InChI is InChI=1S/C24H22N2O6S/c1-26(16-24(28)29)33(30,31)21-12-9-18(10-13-21)22(27)14-11-19-6-2-3-8-23(19)32-17-20-7-4-5-15-25-20/h2-15H,16-17H2,1H3,(H,28,29)/b14-11+. The van der Waals surface area contributed by atoms with Crippen molar-refractivity contribution in [1.29, 1.82) is 0 Å².